The maximum atomic E-state index is 4.16. The van der Waals surface area contributed by atoms with Gasteiger partial charge in [0.1, 0.15) is 0 Å². The zero-order valence-corrected chi connectivity index (χ0v) is 16.0. The topological polar surface area (TPSA) is 0 Å². The van der Waals surface area contributed by atoms with Crippen molar-refractivity contribution in [3.8, 4) is 0 Å². The SMILES string of the molecule is C=C(C)C1C=CC([CH-]CC)C(CC)C1CC.[U]. The van der Waals surface area contributed by atoms with E-state index < -0.39 is 0 Å². The second-order valence-electron chi connectivity index (χ2n) is 5.12. The van der Waals surface area contributed by atoms with Crippen molar-refractivity contribution in [2.75, 3.05) is 0 Å². The van der Waals surface area contributed by atoms with E-state index in [1.165, 1.54) is 24.8 Å². The minimum Gasteiger partial charge on any atom is -0.322 e. The Morgan fingerprint density at radius 1 is 1.12 bits per heavy atom. The summed E-state index contributed by atoms with van der Waals surface area (Å²) < 4.78 is 0. The zero-order chi connectivity index (χ0) is 12.1. The third-order valence-electron chi connectivity index (χ3n) is 4.07. The van der Waals surface area contributed by atoms with E-state index >= 15 is 0 Å². The van der Waals surface area contributed by atoms with Crippen LogP contribution >= 0.6 is 0 Å². The third kappa shape index (κ3) is 4.29. The fourth-order valence-corrected chi connectivity index (χ4v) is 3.27. The largest absolute Gasteiger partial charge is 0.322 e. The Kier molecular flexibility index (Phi) is 8.87. The maximum Gasteiger partial charge on any atom is 0.0000508 e. The van der Waals surface area contributed by atoms with E-state index in [0.29, 0.717) is 11.8 Å². The van der Waals surface area contributed by atoms with Gasteiger partial charge in [0.25, 0.3) is 0 Å². The minimum atomic E-state index is 0. The Hall–Kier alpha value is 0.532. The first-order valence-electron chi connectivity index (χ1n) is 6.82. The monoisotopic (exact) mass is 457 g/mol. The Balaban J connectivity index is 0.00000256. The molecule has 1 rings (SSSR count). The predicted octanol–water partition coefficient (Wildman–Crippen LogP) is 5.03. The standard InChI is InChI=1S/C16H27.U/c1-6-9-13-10-11-16(12(4)5)15(8-3)14(13)7-2;/h9-11,13-16H,4,6-8H2,1-3,5H3;/q-1;. The van der Waals surface area contributed by atoms with E-state index in [4.69, 9.17) is 0 Å². The first-order chi connectivity index (χ1) is 7.65. The third-order valence-corrected chi connectivity index (χ3v) is 4.07. The minimum absolute atomic E-state index is 0. The first kappa shape index (κ1) is 17.5. The van der Waals surface area contributed by atoms with Crippen LogP contribution in [0.1, 0.15) is 47.0 Å². The van der Waals surface area contributed by atoms with Gasteiger partial charge >= 0.3 is 0 Å². The molecule has 0 nitrogen and oxygen atoms in total. The van der Waals surface area contributed by atoms with Crippen LogP contribution < -0.4 is 0 Å². The van der Waals surface area contributed by atoms with Crippen LogP contribution in [0.3, 0.4) is 0 Å². The van der Waals surface area contributed by atoms with Crippen molar-refractivity contribution < 1.29 is 31.1 Å². The van der Waals surface area contributed by atoms with E-state index in [-0.39, 0.29) is 31.1 Å². The van der Waals surface area contributed by atoms with Crippen LogP contribution in [0.15, 0.2) is 24.3 Å². The molecule has 0 aromatic rings. The van der Waals surface area contributed by atoms with Gasteiger partial charge in [0.05, 0.1) is 0 Å². The molecular weight excluding hydrogens is 430 g/mol. The molecule has 0 heterocycles. The molecular formula is C16H27U-. The molecule has 96 valence electrons. The Morgan fingerprint density at radius 2 is 1.71 bits per heavy atom. The number of hydrogen-bond acceptors (Lipinski definition) is 0. The Morgan fingerprint density at radius 3 is 2.12 bits per heavy atom. The van der Waals surface area contributed by atoms with Crippen molar-refractivity contribution in [2.45, 2.75) is 47.0 Å². The van der Waals surface area contributed by atoms with Crippen LogP contribution in [0.25, 0.3) is 0 Å². The summed E-state index contributed by atoms with van der Waals surface area (Å²) in [5.74, 6) is 2.91. The number of allylic oxidation sites excluding steroid dienone is 3. The van der Waals surface area contributed by atoms with Crippen molar-refractivity contribution in [1.82, 2.24) is 0 Å². The van der Waals surface area contributed by atoms with E-state index in [0.717, 1.165) is 11.8 Å². The molecule has 0 spiro atoms. The molecule has 0 fully saturated rings. The van der Waals surface area contributed by atoms with Crippen LogP contribution in [0, 0.1) is 61.2 Å². The molecule has 0 saturated carbocycles. The normalized spacial score (nSPS) is 32.0. The summed E-state index contributed by atoms with van der Waals surface area (Å²) in [4.78, 5) is 0. The molecule has 1 aliphatic carbocycles. The molecule has 4 atom stereocenters. The van der Waals surface area contributed by atoms with Crippen molar-refractivity contribution in [1.29, 1.82) is 0 Å². The van der Waals surface area contributed by atoms with Gasteiger partial charge in [-0.05, 0) is 12.8 Å². The fourth-order valence-electron chi connectivity index (χ4n) is 3.27. The summed E-state index contributed by atoms with van der Waals surface area (Å²) in [7, 11) is 0. The van der Waals surface area contributed by atoms with Crippen molar-refractivity contribution >= 4 is 0 Å². The van der Waals surface area contributed by atoms with Gasteiger partial charge in [0.2, 0.25) is 0 Å². The number of rotatable bonds is 5. The Bertz CT molecular complexity index is 254. The molecule has 0 bridgehead atoms. The van der Waals surface area contributed by atoms with Crippen LogP contribution in [-0.2, 0) is 0 Å². The van der Waals surface area contributed by atoms with Gasteiger partial charge in [0.15, 0.2) is 0 Å². The van der Waals surface area contributed by atoms with Crippen molar-refractivity contribution in [3.05, 3.63) is 30.7 Å². The molecule has 0 amide bonds. The van der Waals surface area contributed by atoms with Gasteiger partial charge < -0.3 is 6.42 Å². The summed E-state index contributed by atoms with van der Waals surface area (Å²) in [6.45, 7) is 13.2. The van der Waals surface area contributed by atoms with Crippen LogP contribution in [0.5, 0.6) is 0 Å². The average molecular weight is 457 g/mol. The smallest absolute Gasteiger partial charge is 0.0000508 e. The van der Waals surface area contributed by atoms with Crippen LogP contribution in [0.2, 0.25) is 0 Å². The fraction of sp³-hybridized carbons (Fsp3) is 0.688. The number of hydrogen-bond donors (Lipinski definition) is 0. The van der Waals surface area contributed by atoms with Gasteiger partial charge in [-0.2, -0.15) is 6.42 Å². The van der Waals surface area contributed by atoms with E-state index in [1.54, 1.807) is 0 Å². The summed E-state index contributed by atoms with van der Waals surface area (Å²) in [5, 5.41) is 0. The van der Waals surface area contributed by atoms with Crippen molar-refractivity contribution in [2.24, 2.45) is 23.7 Å². The molecule has 0 aliphatic heterocycles. The molecule has 0 saturated heterocycles. The summed E-state index contributed by atoms with van der Waals surface area (Å²) in [5.41, 5.74) is 1.33. The average Bonchev–Trinajstić information content (AvgIpc) is 2.28. The van der Waals surface area contributed by atoms with Gasteiger partial charge in [-0.15, -0.1) is 12.0 Å². The van der Waals surface area contributed by atoms with Gasteiger partial charge in [0, 0.05) is 37.0 Å². The molecule has 17 heavy (non-hydrogen) atoms. The van der Waals surface area contributed by atoms with Gasteiger partial charge in [-0.3, -0.25) is 0 Å². The van der Waals surface area contributed by atoms with Crippen LogP contribution in [-0.4, -0.2) is 0 Å². The van der Waals surface area contributed by atoms with Gasteiger partial charge in [-0.25, -0.2) is 0 Å². The Labute approximate surface area is 132 Å². The summed E-state index contributed by atoms with van der Waals surface area (Å²) >= 11 is 0. The summed E-state index contributed by atoms with van der Waals surface area (Å²) in [6, 6.07) is 0. The second-order valence-corrected chi connectivity index (χ2v) is 5.12. The van der Waals surface area contributed by atoms with E-state index in [9.17, 15) is 0 Å². The first-order valence-corrected chi connectivity index (χ1v) is 6.82. The molecule has 0 aromatic heterocycles. The molecule has 1 heteroatoms. The van der Waals surface area contributed by atoms with E-state index in [2.05, 4.69) is 52.8 Å². The van der Waals surface area contributed by atoms with Crippen LogP contribution in [0.4, 0.5) is 0 Å². The zero-order valence-electron chi connectivity index (χ0n) is 11.9. The second kappa shape index (κ2) is 8.60. The molecule has 0 radical (unpaired) electrons. The van der Waals surface area contributed by atoms with E-state index in [1.807, 2.05) is 0 Å². The maximum absolute atomic E-state index is 4.16. The molecule has 0 N–H and O–H groups in total. The van der Waals surface area contributed by atoms with Gasteiger partial charge in [-0.1, -0.05) is 57.8 Å². The predicted molar refractivity (Wildman–Crippen MR) is 73.1 cm³/mol. The van der Waals surface area contributed by atoms with Crippen molar-refractivity contribution in [3.63, 3.8) is 0 Å². The quantitative estimate of drug-likeness (QED) is 0.401. The molecule has 0 aromatic carbocycles. The summed E-state index contributed by atoms with van der Waals surface area (Å²) in [6.07, 6.45) is 11.0. The molecule has 1 aliphatic rings. The molecule has 4 unspecified atom stereocenters.